The lowest BCUT2D eigenvalue weighted by Gasteiger charge is -2.15. The van der Waals surface area contributed by atoms with Gasteiger partial charge in [0, 0.05) is 6.42 Å². The Labute approximate surface area is 112 Å². The lowest BCUT2D eigenvalue weighted by Crippen LogP contribution is -2.29. The molecular formula is C8H13N4O7P. The lowest BCUT2D eigenvalue weighted by molar-refractivity contribution is -0.0453. The fourth-order valence-corrected chi connectivity index (χ4v) is 2.10. The number of nitrogens with two attached hydrogens (primary N) is 1. The first-order valence-electron chi connectivity index (χ1n) is 5.50. The standard InChI is InChI=1S/C8H13N4O7P/c9-7-10-3-12(8(14)11-7)6-1-4(13)5(19-6)2-18-20(15,16)17/h3-6,13H,1-2H2,(H2,9,11,14)(H2,15,16,17)/t4-,5+,6+/m0/s1/i9+1,10+1,11+1,12+1. The molecule has 1 aromatic heterocycles. The van der Waals surface area contributed by atoms with Crippen molar-refractivity contribution in [1.29, 1.82) is 0 Å². The van der Waals surface area contributed by atoms with Gasteiger partial charge >= 0.3 is 13.5 Å². The van der Waals surface area contributed by atoms with Gasteiger partial charge in [0.05, 0.1) is 12.7 Å². The van der Waals surface area contributed by atoms with Crippen molar-refractivity contribution in [2.75, 3.05) is 12.3 Å². The predicted octanol–water partition coefficient (Wildman–Crippen LogP) is -2.02. The molecule has 0 spiro atoms. The number of rotatable bonds is 4. The van der Waals surface area contributed by atoms with Crippen LogP contribution in [0.5, 0.6) is 0 Å². The summed E-state index contributed by atoms with van der Waals surface area (Å²) in [6.07, 6.45) is -1.73. The molecule has 0 aliphatic carbocycles. The highest BCUT2D eigenvalue weighted by Gasteiger charge is 2.37. The third kappa shape index (κ3) is 3.60. The molecule has 12 heteroatoms. The summed E-state index contributed by atoms with van der Waals surface area (Å²) in [7, 11) is -4.65. The molecule has 1 saturated heterocycles. The minimum Gasteiger partial charge on any atom is -0.390 e. The van der Waals surface area contributed by atoms with E-state index in [1.165, 1.54) is 0 Å². The van der Waals surface area contributed by atoms with Gasteiger partial charge in [0.15, 0.2) is 0 Å². The van der Waals surface area contributed by atoms with E-state index in [0.717, 1.165) is 10.9 Å². The molecule has 11 nitrogen and oxygen atoms in total. The normalized spacial score (nSPS) is 26.9. The topological polar surface area (TPSA) is 170 Å². The fraction of sp³-hybridized carbons (Fsp3) is 0.625. The Hall–Kier alpha value is -1.36. The highest BCUT2D eigenvalue weighted by atomic mass is 31.2. The number of anilines is 1. The van der Waals surface area contributed by atoms with E-state index in [4.69, 9.17) is 20.3 Å². The molecule has 3 atom stereocenters. The SMILES string of the molecule is [15NH2]c1[15n]c[15n]([C@H]2C[C@H](O)[C@@H](COP(=O)(O)O)O2)c(=O)[15n]1. The maximum atomic E-state index is 11.6. The second-order valence-electron chi connectivity index (χ2n) is 4.12. The van der Waals surface area contributed by atoms with E-state index in [1.54, 1.807) is 0 Å². The molecule has 1 fully saturated rings. The number of ether oxygens (including phenoxy) is 1. The van der Waals surface area contributed by atoms with Crippen LogP contribution in [0.25, 0.3) is 0 Å². The van der Waals surface area contributed by atoms with Crippen molar-refractivity contribution in [3.8, 4) is 0 Å². The van der Waals surface area contributed by atoms with Crippen molar-refractivity contribution in [3.05, 3.63) is 16.8 Å². The van der Waals surface area contributed by atoms with Gasteiger partial charge in [0.25, 0.3) is 0 Å². The van der Waals surface area contributed by atoms with E-state index in [1.807, 2.05) is 0 Å². The molecule has 20 heavy (non-hydrogen) atoms. The molecule has 0 bridgehead atoms. The molecule has 0 amide bonds. The van der Waals surface area contributed by atoms with Gasteiger partial charge in [-0.15, -0.1) is 0 Å². The summed E-state index contributed by atoms with van der Waals surface area (Å²) in [6.45, 7) is -0.507. The molecule has 0 aromatic carbocycles. The number of aliphatic hydroxyl groups excluding tert-OH is 1. The smallest absolute Gasteiger partial charge is 0.390 e. The molecule has 1 aliphatic rings. The summed E-state index contributed by atoms with van der Waals surface area (Å²) >= 11 is 0. The summed E-state index contributed by atoms with van der Waals surface area (Å²) in [5, 5.41) is 9.72. The largest absolute Gasteiger partial charge is 0.469 e. The Morgan fingerprint density at radius 3 is 2.90 bits per heavy atom. The number of hydrogen-bond donors (Lipinski definition) is 4. The highest BCUT2D eigenvalue weighted by Crippen LogP contribution is 2.38. The molecule has 112 valence electrons. The van der Waals surface area contributed by atoms with E-state index in [9.17, 15) is 14.5 Å². The third-order valence-electron chi connectivity index (χ3n) is 2.67. The van der Waals surface area contributed by atoms with Crippen LogP contribution in [-0.2, 0) is 13.8 Å². The minimum atomic E-state index is -4.65. The zero-order valence-electron chi connectivity index (χ0n) is 10.1. The number of hydrogen-bond acceptors (Lipinski definition) is 8. The first kappa shape index (κ1) is 15.0. The van der Waals surface area contributed by atoms with Gasteiger partial charge in [-0.05, 0) is 0 Å². The van der Waals surface area contributed by atoms with Crippen molar-refractivity contribution >= 4 is 13.8 Å². The lowest BCUT2D eigenvalue weighted by atomic mass is 10.2. The molecule has 0 unspecified atom stereocenters. The molecular weight excluding hydrogens is 299 g/mol. The maximum Gasteiger partial charge on any atom is 0.469 e. The number of aliphatic hydroxyl groups is 1. The van der Waals surface area contributed by atoms with Crippen LogP contribution < -0.4 is 11.4 Å². The van der Waals surface area contributed by atoms with E-state index in [0.29, 0.717) is 0 Å². The summed E-state index contributed by atoms with van der Waals surface area (Å²) in [5.74, 6) is -0.189. The number of nitrogens with zero attached hydrogens (tertiary/aromatic N) is 3. The Kier molecular flexibility index (Phi) is 4.18. The first-order chi connectivity index (χ1) is 9.26. The zero-order chi connectivity index (χ0) is 14.9. The van der Waals surface area contributed by atoms with Crippen molar-refractivity contribution in [1.82, 2.24) is 14.5 Å². The molecule has 2 heterocycles. The van der Waals surface area contributed by atoms with Crippen LogP contribution in [0, 0.1) is 0 Å². The van der Waals surface area contributed by atoms with Crippen LogP contribution in [0.3, 0.4) is 0 Å². The van der Waals surface area contributed by atoms with Crippen molar-refractivity contribution in [2.45, 2.75) is 24.9 Å². The Morgan fingerprint density at radius 1 is 1.60 bits per heavy atom. The molecule has 1 aliphatic heterocycles. The molecule has 5 N–H and O–H groups in total. The number of aromatic nitrogens is 3. The Bertz CT molecular complexity index is 586. The zero-order valence-corrected chi connectivity index (χ0v) is 11.0. The first-order valence-corrected chi connectivity index (χ1v) is 7.03. The highest BCUT2D eigenvalue weighted by molar-refractivity contribution is 7.46. The van der Waals surface area contributed by atoms with Crippen molar-refractivity contribution in [3.63, 3.8) is 0 Å². The van der Waals surface area contributed by atoms with Gasteiger partial charge in [0.2, 0.25) is 5.95 Å². The second-order valence-corrected chi connectivity index (χ2v) is 5.36. The van der Waals surface area contributed by atoms with Gasteiger partial charge in [-0.25, -0.2) is 14.3 Å². The van der Waals surface area contributed by atoms with E-state index < -0.39 is 38.6 Å². The summed E-state index contributed by atoms with van der Waals surface area (Å²) in [6, 6.07) is 0. The van der Waals surface area contributed by atoms with Gasteiger partial charge in [0.1, 0.15) is 18.7 Å². The molecule has 2 rings (SSSR count). The fourth-order valence-electron chi connectivity index (χ4n) is 1.76. The van der Waals surface area contributed by atoms with Crippen LogP contribution in [0.4, 0.5) is 5.95 Å². The monoisotopic (exact) mass is 312 g/mol. The number of phosphoric acid groups is 1. The van der Waals surface area contributed by atoms with Crippen LogP contribution in [0.1, 0.15) is 12.6 Å². The van der Waals surface area contributed by atoms with E-state index in [2.05, 4.69) is 14.5 Å². The van der Waals surface area contributed by atoms with E-state index >= 15 is 0 Å². The summed E-state index contributed by atoms with van der Waals surface area (Å²) in [4.78, 5) is 35.8. The maximum absolute atomic E-state index is 11.6. The quantitative estimate of drug-likeness (QED) is 0.359. The Balaban J connectivity index is 2.06. The minimum absolute atomic E-state index is 0.0301. The van der Waals surface area contributed by atoms with Crippen LogP contribution in [0.15, 0.2) is 11.1 Å². The van der Waals surface area contributed by atoms with Gasteiger partial charge in [-0.2, -0.15) is 4.98 Å². The van der Waals surface area contributed by atoms with Gasteiger partial charge in [-0.3, -0.25) is 9.09 Å². The third-order valence-corrected chi connectivity index (χ3v) is 3.15. The Morgan fingerprint density at radius 2 is 2.30 bits per heavy atom. The number of phosphoric ester groups is 1. The second kappa shape index (κ2) is 5.56. The summed E-state index contributed by atoms with van der Waals surface area (Å²) in [5.41, 5.74) is 4.54. The van der Waals surface area contributed by atoms with Crippen LogP contribution in [-0.4, -0.2) is 48.2 Å². The summed E-state index contributed by atoms with van der Waals surface area (Å²) < 4.78 is 21.2. The molecule has 0 saturated carbocycles. The predicted molar refractivity (Wildman–Crippen MR) is 63.2 cm³/mol. The van der Waals surface area contributed by atoms with Gasteiger partial charge in [-0.1, -0.05) is 0 Å². The van der Waals surface area contributed by atoms with Crippen LogP contribution >= 0.6 is 7.82 Å². The van der Waals surface area contributed by atoms with Crippen LogP contribution in [0.2, 0.25) is 0 Å². The van der Waals surface area contributed by atoms with Gasteiger partial charge < -0.3 is 25.4 Å². The molecule has 0 radical (unpaired) electrons. The molecule has 1 aromatic rings. The average molecular weight is 312 g/mol. The number of nitrogen functional groups attached to an aromatic ring is 1. The van der Waals surface area contributed by atoms with Crippen molar-refractivity contribution in [2.24, 2.45) is 0 Å². The van der Waals surface area contributed by atoms with Crippen molar-refractivity contribution < 1.29 is 28.7 Å². The average Bonchev–Trinajstić information content (AvgIpc) is 2.67. The van der Waals surface area contributed by atoms with E-state index in [-0.39, 0.29) is 12.4 Å².